The number of aryl methyl sites for hydroxylation is 1. The van der Waals surface area contributed by atoms with E-state index in [0.29, 0.717) is 6.42 Å². The lowest BCUT2D eigenvalue weighted by Gasteiger charge is -2.22. The second-order valence-electron chi connectivity index (χ2n) is 7.60. The largest absolute Gasteiger partial charge is 0.351 e. The fraction of sp³-hybridized carbons (Fsp3) is 0.611. The molecule has 1 aromatic carbocycles. The molecule has 1 saturated heterocycles. The topological polar surface area (TPSA) is 63.2 Å². The smallest absolute Gasteiger partial charge is 0.233 e. The molecule has 0 unspecified atom stereocenters. The van der Waals surface area contributed by atoms with Crippen molar-refractivity contribution in [3.05, 3.63) is 29.3 Å². The van der Waals surface area contributed by atoms with Crippen LogP contribution in [0.2, 0.25) is 0 Å². The number of carbonyl (C=O) groups is 1. The van der Waals surface area contributed by atoms with Gasteiger partial charge in [0.05, 0.1) is 16.8 Å². The highest BCUT2D eigenvalue weighted by Gasteiger charge is 2.30. The fourth-order valence-electron chi connectivity index (χ4n) is 2.66. The molecule has 1 N–H and O–H groups in total. The number of rotatable bonds is 4. The van der Waals surface area contributed by atoms with Crippen molar-refractivity contribution < 1.29 is 13.2 Å². The number of hydrogen-bond donors (Lipinski definition) is 1. The van der Waals surface area contributed by atoms with Crippen LogP contribution < -0.4 is 5.32 Å². The van der Waals surface area contributed by atoms with E-state index in [-0.39, 0.29) is 34.1 Å². The van der Waals surface area contributed by atoms with Crippen molar-refractivity contribution >= 4 is 27.5 Å². The van der Waals surface area contributed by atoms with Gasteiger partial charge in [-0.2, -0.15) is 0 Å². The SMILES string of the molecule is Cc1ccc(C(C)(C)C)cc1S[C@@H](C)C(=O)N[C@H]1CCS(=O)(=O)C1. The van der Waals surface area contributed by atoms with E-state index in [1.807, 2.05) is 13.8 Å². The van der Waals surface area contributed by atoms with Gasteiger partial charge >= 0.3 is 0 Å². The highest BCUT2D eigenvalue weighted by atomic mass is 32.2. The van der Waals surface area contributed by atoms with Crippen LogP contribution in [-0.2, 0) is 20.0 Å². The van der Waals surface area contributed by atoms with E-state index < -0.39 is 9.84 Å². The number of hydrogen-bond acceptors (Lipinski definition) is 4. The second-order valence-corrected chi connectivity index (χ2v) is 11.2. The van der Waals surface area contributed by atoms with Crippen LogP contribution in [0.3, 0.4) is 0 Å². The molecule has 1 heterocycles. The minimum Gasteiger partial charge on any atom is -0.351 e. The third-order valence-electron chi connectivity index (χ3n) is 4.31. The molecule has 0 bridgehead atoms. The molecule has 1 aromatic rings. The van der Waals surface area contributed by atoms with Crippen molar-refractivity contribution in [2.75, 3.05) is 11.5 Å². The Balaban J connectivity index is 2.04. The number of thioether (sulfide) groups is 1. The summed E-state index contributed by atoms with van der Waals surface area (Å²) in [6.07, 6.45) is 0.518. The summed E-state index contributed by atoms with van der Waals surface area (Å²) in [5.74, 6) is 0.142. The lowest BCUT2D eigenvalue weighted by molar-refractivity contribution is -0.120. The van der Waals surface area contributed by atoms with E-state index in [4.69, 9.17) is 0 Å². The summed E-state index contributed by atoms with van der Waals surface area (Å²) < 4.78 is 23.0. The molecule has 2 atom stereocenters. The van der Waals surface area contributed by atoms with Crippen LogP contribution in [0.15, 0.2) is 23.1 Å². The average molecular weight is 370 g/mol. The van der Waals surface area contributed by atoms with Crippen LogP contribution in [0.4, 0.5) is 0 Å². The summed E-state index contributed by atoms with van der Waals surface area (Å²) in [5, 5.41) is 2.62. The quantitative estimate of drug-likeness (QED) is 0.829. The van der Waals surface area contributed by atoms with Crippen LogP contribution in [0.25, 0.3) is 0 Å². The Morgan fingerprint density at radius 3 is 2.54 bits per heavy atom. The van der Waals surface area contributed by atoms with E-state index in [2.05, 4.69) is 44.3 Å². The van der Waals surface area contributed by atoms with Crippen molar-refractivity contribution in [2.45, 2.75) is 62.6 Å². The van der Waals surface area contributed by atoms with Gasteiger partial charge in [0.25, 0.3) is 0 Å². The molecule has 0 radical (unpaired) electrons. The highest BCUT2D eigenvalue weighted by molar-refractivity contribution is 8.00. The van der Waals surface area contributed by atoms with Crippen LogP contribution in [0.5, 0.6) is 0 Å². The van der Waals surface area contributed by atoms with E-state index in [1.54, 1.807) is 0 Å². The molecular formula is C18H27NO3S2. The molecular weight excluding hydrogens is 342 g/mol. The first-order chi connectivity index (χ1) is 11.0. The molecule has 0 spiro atoms. The zero-order valence-corrected chi connectivity index (χ0v) is 16.7. The highest BCUT2D eigenvalue weighted by Crippen LogP contribution is 2.32. The van der Waals surface area contributed by atoms with Crippen molar-refractivity contribution in [1.29, 1.82) is 0 Å². The third-order valence-corrected chi connectivity index (χ3v) is 7.34. The van der Waals surface area contributed by atoms with Crippen molar-refractivity contribution in [3.63, 3.8) is 0 Å². The van der Waals surface area contributed by atoms with Crippen LogP contribution in [0.1, 0.15) is 45.2 Å². The van der Waals surface area contributed by atoms with Gasteiger partial charge < -0.3 is 5.32 Å². The molecule has 0 aliphatic carbocycles. The molecule has 1 aliphatic rings. The van der Waals surface area contributed by atoms with Crippen molar-refractivity contribution in [2.24, 2.45) is 0 Å². The normalized spacial score (nSPS) is 21.5. The fourth-order valence-corrected chi connectivity index (χ4v) is 5.34. The number of nitrogens with one attached hydrogen (secondary N) is 1. The van der Waals surface area contributed by atoms with Crippen molar-refractivity contribution in [1.82, 2.24) is 5.32 Å². The monoisotopic (exact) mass is 369 g/mol. The summed E-state index contributed by atoms with van der Waals surface area (Å²) in [6.45, 7) is 10.4. The molecule has 0 saturated carbocycles. The maximum atomic E-state index is 12.4. The minimum absolute atomic E-state index is 0.0622. The molecule has 1 fully saturated rings. The molecule has 0 aromatic heterocycles. The molecule has 4 nitrogen and oxygen atoms in total. The van der Waals surface area contributed by atoms with Crippen LogP contribution in [-0.4, -0.2) is 37.1 Å². The number of amides is 1. The maximum Gasteiger partial charge on any atom is 0.233 e. The Morgan fingerprint density at radius 1 is 1.33 bits per heavy atom. The summed E-state index contributed by atoms with van der Waals surface area (Å²) in [7, 11) is -2.98. The maximum absolute atomic E-state index is 12.4. The minimum atomic E-state index is -2.98. The average Bonchev–Trinajstić information content (AvgIpc) is 2.78. The Morgan fingerprint density at radius 2 is 2.00 bits per heavy atom. The predicted molar refractivity (Wildman–Crippen MR) is 100 cm³/mol. The lowest BCUT2D eigenvalue weighted by Crippen LogP contribution is -2.39. The van der Waals surface area contributed by atoms with Crippen molar-refractivity contribution in [3.8, 4) is 0 Å². The van der Waals surface area contributed by atoms with Gasteiger partial charge in [0, 0.05) is 10.9 Å². The van der Waals surface area contributed by atoms with Gasteiger partial charge in [0.1, 0.15) is 0 Å². The third kappa shape index (κ3) is 4.99. The molecule has 134 valence electrons. The summed E-state index contributed by atoms with van der Waals surface area (Å²) in [5.41, 5.74) is 2.45. The number of carbonyl (C=O) groups excluding carboxylic acids is 1. The second kappa shape index (κ2) is 7.08. The summed E-state index contributed by atoms with van der Waals surface area (Å²) in [4.78, 5) is 13.5. The Hall–Kier alpha value is -1.01. The van der Waals surface area contributed by atoms with Gasteiger partial charge in [0.15, 0.2) is 9.84 Å². The first kappa shape index (κ1) is 19.3. The van der Waals surface area contributed by atoms with Gasteiger partial charge in [-0.15, -0.1) is 11.8 Å². The lowest BCUT2D eigenvalue weighted by atomic mass is 9.87. The van der Waals surface area contributed by atoms with E-state index >= 15 is 0 Å². The zero-order valence-electron chi connectivity index (χ0n) is 15.0. The van der Waals surface area contributed by atoms with Crippen LogP contribution >= 0.6 is 11.8 Å². The Bertz CT molecular complexity index is 720. The molecule has 24 heavy (non-hydrogen) atoms. The summed E-state index contributed by atoms with van der Waals surface area (Å²) in [6, 6.07) is 6.14. The van der Waals surface area contributed by atoms with E-state index in [1.165, 1.54) is 17.3 Å². The number of sulfone groups is 1. The predicted octanol–water partition coefficient (Wildman–Crippen LogP) is 3.08. The molecule has 1 amide bonds. The van der Waals surface area contributed by atoms with Gasteiger partial charge in [-0.25, -0.2) is 8.42 Å². The molecule has 6 heteroatoms. The van der Waals surface area contributed by atoms with E-state index in [9.17, 15) is 13.2 Å². The molecule has 1 aliphatic heterocycles. The van der Waals surface area contributed by atoms with Gasteiger partial charge in [0.2, 0.25) is 5.91 Å². The Kier molecular flexibility index (Phi) is 5.70. The first-order valence-corrected chi connectivity index (χ1v) is 11.0. The van der Waals surface area contributed by atoms with Gasteiger partial charge in [-0.05, 0) is 42.9 Å². The zero-order chi connectivity index (χ0) is 18.1. The molecule has 2 rings (SSSR count). The van der Waals surface area contributed by atoms with E-state index in [0.717, 1.165) is 10.5 Å². The first-order valence-electron chi connectivity index (χ1n) is 8.26. The number of benzene rings is 1. The van der Waals surface area contributed by atoms with Gasteiger partial charge in [-0.3, -0.25) is 4.79 Å². The summed E-state index contributed by atoms with van der Waals surface area (Å²) >= 11 is 1.53. The standard InChI is InChI=1S/C18H27NO3S2/c1-12-6-7-14(18(3,4)5)10-16(12)23-13(2)17(20)19-15-8-9-24(21,22)11-15/h6-7,10,13,15H,8-9,11H2,1-5H3,(H,19,20)/t13-,15-/m0/s1. The Labute approximate surface area is 149 Å². The van der Waals surface area contributed by atoms with Gasteiger partial charge in [-0.1, -0.05) is 32.9 Å². The van der Waals surface area contributed by atoms with Crippen LogP contribution in [0, 0.1) is 6.92 Å².